The summed E-state index contributed by atoms with van der Waals surface area (Å²) in [5.41, 5.74) is 0.769. The highest BCUT2D eigenvalue weighted by Gasteiger charge is 2.78. The Morgan fingerprint density at radius 3 is 2.59 bits per heavy atom. The van der Waals surface area contributed by atoms with Gasteiger partial charge in [-0.25, -0.2) is 0 Å². The third-order valence-corrected chi connectivity index (χ3v) is 11.1. The number of nitrogens with zero attached hydrogens (tertiary/aromatic N) is 2. The molecule has 0 aromatic heterocycles. The number of benzene rings is 1. The summed E-state index contributed by atoms with van der Waals surface area (Å²) in [5.74, 6) is -2.03. The Morgan fingerprint density at radius 1 is 1.17 bits per heavy atom. The molecule has 7 nitrogen and oxygen atoms in total. The molecule has 1 spiro atoms. The predicted octanol–water partition coefficient (Wildman–Crippen LogP) is 5.31. The van der Waals surface area contributed by atoms with Crippen LogP contribution in [0.25, 0.3) is 0 Å². The molecule has 0 aliphatic carbocycles. The number of allylic oxidation sites excluding steroid dienone is 1. The van der Waals surface area contributed by atoms with Gasteiger partial charge in [-0.2, -0.15) is 0 Å². The average Bonchev–Trinajstić information content (AvgIpc) is 3.54. The number of unbranched alkanes of at least 4 members (excludes halogenated alkanes) is 4. The minimum Gasteiger partial charge on any atom is -0.465 e. The first kappa shape index (κ1) is 31.4. The minimum absolute atomic E-state index is 0.124. The first-order chi connectivity index (χ1) is 19.8. The molecule has 0 saturated carbocycles. The zero-order chi connectivity index (χ0) is 29.6. The number of hydrogen-bond donors (Lipinski definition) is 1. The molecule has 8 heteroatoms. The molecule has 2 unspecified atom stereocenters. The first-order valence-electron chi connectivity index (χ1n) is 15.1. The van der Waals surface area contributed by atoms with Gasteiger partial charge in [0.1, 0.15) is 6.04 Å². The molecule has 4 rings (SSSR count). The maximum Gasteiger partial charge on any atom is 0.311 e. The number of hydrogen-bond acceptors (Lipinski definition) is 6. The Bertz CT molecular complexity index is 1110. The van der Waals surface area contributed by atoms with Crippen molar-refractivity contribution in [2.45, 2.75) is 86.8 Å². The Labute approximate surface area is 249 Å². The molecule has 3 heterocycles. The van der Waals surface area contributed by atoms with E-state index in [2.05, 4.69) is 27.0 Å². The van der Waals surface area contributed by atoms with Crippen LogP contribution in [-0.2, 0) is 19.1 Å². The lowest BCUT2D eigenvalue weighted by Gasteiger charge is -2.39. The first-order valence-corrected chi connectivity index (χ1v) is 16.0. The Morgan fingerprint density at radius 2 is 1.93 bits per heavy atom. The second-order valence-corrected chi connectivity index (χ2v) is 13.7. The summed E-state index contributed by atoms with van der Waals surface area (Å²) in [6.07, 6.45) is 10.3. The summed E-state index contributed by atoms with van der Waals surface area (Å²) in [6.45, 7) is 12.8. The van der Waals surface area contributed by atoms with Crippen molar-refractivity contribution in [3.05, 3.63) is 61.2 Å². The highest BCUT2D eigenvalue weighted by molar-refractivity contribution is 8.02. The van der Waals surface area contributed by atoms with Crippen molar-refractivity contribution in [1.82, 2.24) is 9.80 Å². The summed E-state index contributed by atoms with van der Waals surface area (Å²) >= 11 is 1.63. The van der Waals surface area contributed by atoms with E-state index in [1.54, 1.807) is 22.7 Å². The summed E-state index contributed by atoms with van der Waals surface area (Å²) < 4.78 is 4.53. The molecule has 1 aromatic rings. The average molecular weight is 583 g/mol. The minimum atomic E-state index is -0.795. The van der Waals surface area contributed by atoms with Crippen molar-refractivity contribution in [1.29, 1.82) is 0 Å². The van der Waals surface area contributed by atoms with Crippen LogP contribution in [0, 0.1) is 11.8 Å². The van der Waals surface area contributed by atoms with Crippen molar-refractivity contribution in [3.8, 4) is 0 Å². The molecule has 41 heavy (non-hydrogen) atoms. The van der Waals surface area contributed by atoms with Crippen LogP contribution in [0.5, 0.6) is 0 Å². The van der Waals surface area contributed by atoms with Crippen LogP contribution in [0.2, 0.25) is 0 Å². The van der Waals surface area contributed by atoms with Gasteiger partial charge >= 0.3 is 5.97 Å². The number of aliphatic hydroxyl groups is 1. The van der Waals surface area contributed by atoms with Crippen molar-refractivity contribution in [2.75, 3.05) is 26.3 Å². The van der Waals surface area contributed by atoms with E-state index < -0.39 is 33.4 Å². The maximum absolute atomic E-state index is 14.6. The maximum atomic E-state index is 14.6. The molecule has 0 radical (unpaired) electrons. The fourth-order valence-electron chi connectivity index (χ4n) is 7.19. The molecule has 6 atom stereocenters. The number of aliphatic hydroxyl groups excluding tert-OH is 1. The predicted molar refractivity (Wildman–Crippen MR) is 163 cm³/mol. The lowest BCUT2D eigenvalue weighted by molar-refractivity contribution is -0.156. The topological polar surface area (TPSA) is 87.1 Å². The molecule has 3 aliphatic heterocycles. The van der Waals surface area contributed by atoms with Crippen LogP contribution in [-0.4, -0.2) is 74.5 Å². The molecule has 3 aliphatic rings. The molecular weight excluding hydrogens is 536 g/mol. The lowest BCUT2D eigenvalue weighted by atomic mass is 9.66. The van der Waals surface area contributed by atoms with E-state index in [1.807, 2.05) is 41.3 Å². The molecule has 2 bridgehead atoms. The number of carbonyl (C=O) groups is 3. The van der Waals surface area contributed by atoms with E-state index in [1.165, 1.54) is 0 Å². The van der Waals surface area contributed by atoms with Crippen LogP contribution < -0.4 is 0 Å². The highest BCUT2D eigenvalue weighted by Crippen LogP contribution is 2.72. The second-order valence-electron chi connectivity index (χ2n) is 11.8. The van der Waals surface area contributed by atoms with Gasteiger partial charge in [0.05, 0.1) is 35.8 Å². The van der Waals surface area contributed by atoms with Gasteiger partial charge in [0.25, 0.3) is 0 Å². The van der Waals surface area contributed by atoms with Gasteiger partial charge in [0.2, 0.25) is 11.8 Å². The van der Waals surface area contributed by atoms with Crippen LogP contribution in [0.15, 0.2) is 55.6 Å². The molecule has 1 aromatic carbocycles. The molecule has 2 amide bonds. The van der Waals surface area contributed by atoms with Crippen molar-refractivity contribution in [2.24, 2.45) is 11.8 Å². The Hall–Kier alpha value is -2.58. The monoisotopic (exact) mass is 582 g/mol. The quantitative estimate of drug-likeness (QED) is 0.162. The molecule has 224 valence electrons. The number of likely N-dealkylation sites (tertiary alicyclic amines) is 1. The van der Waals surface area contributed by atoms with Gasteiger partial charge < -0.3 is 19.6 Å². The van der Waals surface area contributed by atoms with E-state index in [0.29, 0.717) is 26.1 Å². The lowest BCUT2D eigenvalue weighted by Crippen LogP contribution is -2.55. The Kier molecular flexibility index (Phi) is 10.4. The largest absolute Gasteiger partial charge is 0.465 e. The summed E-state index contributed by atoms with van der Waals surface area (Å²) in [4.78, 5) is 46.3. The van der Waals surface area contributed by atoms with Crippen LogP contribution in [0.4, 0.5) is 0 Å². The molecular formula is C33H46N2O5S. The Balaban J connectivity index is 1.73. The number of esters is 1. The van der Waals surface area contributed by atoms with E-state index in [0.717, 1.165) is 50.5 Å². The van der Waals surface area contributed by atoms with Crippen molar-refractivity contribution in [3.63, 3.8) is 0 Å². The van der Waals surface area contributed by atoms with Gasteiger partial charge in [-0.3, -0.25) is 14.4 Å². The molecule has 3 fully saturated rings. The highest BCUT2D eigenvalue weighted by atomic mass is 32.2. The number of fused-ring (bicyclic) bond motifs is 1. The van der Waals surface area contributed by atoms with Gasteiger partial charge in [-0.05, 0) is 51.0 Å². The summed E-state index contributed by atoms with van der Waals surface area (Å²) in [5, 5.41) is 10.7. The van der Waals surface area contributed by atoms with Gasteiger partial charge in [-0.1, -0.05) is 62.2 Å². The van der Waals surface area contributed by atoms with Crippen LogP contribution in [0.3, 0.4) is 0 Å². The van der Waals surface area contributed by atoms with Crippen LogP contribution >= 0.6 is 11.8 Å². The van der Waals surface area contributed by atoms with E-state index in [9.17, 15) is 19.5 Å². The van der Waals surface area contributed by atoms with Gasteiger partial charge in [-0.15, -0.1) is 24.9 Å². The molecule has 3 saturated heterocycles. The fraction of sp³-hybridized carbons (Fsp3) is 0.606. The number of ether oxygens (including phenoxy) is 1. The van der Waals surface area contributed by atoms with Gasteiger partial charge in [0, 0.05) is 17.8 Å². The number of amides is 2. The standard InChI is InChI=1S/C33H46N2O5S/c1-5-8-10-15-22-40-31(39)27-26-29(37)35(25(23-36)24-16-12-11-13-17-24)28(33(26)19-18-32(27,4)41-33)30(38)34(20-7-3)21-14-9-6-2/h5,7,11-13,16-17,25-28,36H,1,3,6,8-10,14-15,18-23H2,2,4H3/t25-,26+,27-,28?,32+,33?/m1/s1. The van der Waals surface area contributed by atoms with Crippen molar-refractivity contribution < 1.29 is 24.2 Å². The number of carbonyl (C=O) groups excluding carboxylic acids is 3. The zero-order valence-electron chi connectivity index (χ0n) is 24.6. The molecule has 1 N–H and O–H groups in total. The summed E-state index contributed by atoms with van der Waals surface area (Å²) in [6, 6.07) is 7.90. The summed E-state index contributed by atoms with van der Waals surface area (Å²) in [7, 11) is 0. The number of rotatable bonds is 16. The third-order valence-electron chi connectivity index (χ3n) is 9.14. The fourth-order valence-corrected chi connectivity index (χ4v) is 9.52. The normalized spacial score (nSPS) is 28.8. The van der Waals surface area contributed by atoms with Gasteiger partial charge in [0.15, 0.2) is 0 Å². The van der Waals surface area contributed by atoms with Crippen molar-refractivity contribution >= 4 is 29.5 Å². The SMILES string of the molecule is C=CCCCCOC(=O)[C@H]1[C@H]2C(=O)N([C@H](CO)c3ccccc3)C(C(=O)N(CC=C)CCCCC)C23CC[C@]1(C)S3. The zero-order valence-corrected chi connectivity index (χ0v) is 25.4. The smallest absolute Gasteiger partial charge is 0.311 e. The third kappa shape index (κ3) is 5.87. The van der Waals surface area contributed by atoms with E-state index >= 15 is 0 Å². The van der Waals surface area contributed by atoms with Crippen LogP contribution in [0.1, 0.15) is 76.8 Å². The van der Waals surface area contributed by atoms with E-state index in [4.69, 9.17) is 4.74 Å². The van der Waals surface area contributed by atoms with E-state index in [-0.39, 0.29) is 24.4 Å². The number of thioether (sulfide) groups is 1. The second kappa shape index (κ2) is 13.6.